The van der Waals surface area contributed by atoms with E-state index in [9.17, 15) is 9.59 Å². The van der Waals surface area contributed by atoms with E-state index in [1.165, 1.54) is 32.1 Å². The zero-order chi connectivity index (χ0) is 23.3. The maximum atomic E-state index is 13.4. The van der Waals surface area contributed by atoms with E-state index in [4.69, 9.17) is 0 Å². The Kier molecular flexibility index (Phi) is 7.46. The van der Waals surface area contributed by atoms with Crippen LogP contribution in [0.2, 0.25) is 0 Å². The predicted molar refractivity (Wildman–Crippen MR) is 132 cm³/mol. The van der Waals surface area contributed by atoms with Crippen LogP contribution >= 0.6 is 0 Å². The molecule has 2 fully saturated rings. The smallest absolute Gasteiger partial charge is 0.228 e. The van der Waals surface area contributed by atoms with Crippen molar-refractivity contribution in [2.75, 3.05) is 27.2 Å². The van der Waals surface area contributed by atoms with Gasteiger partial charge in [-0.15, -0.1) is 0 Å². The normalized spacial score (nSPS) is 18.7. The lowest BCUT2D eigenvalue weighted by molar-refractivity contribution is -0.146. The second-order valence-electron chi connectivity index (χ2n) is 10.2. The number of nitrogens with zero attached hydrogens (tertiary/aromatic N) is 3. The molecule has 176 valence electrons. The minimum atomic E-state index is -0.460. The SMILES string of the molecule is CN(C)C(=O)C1(Cc2cccc(-c3cccnc3)c2)CCN(C(=O)CC2CCCCC2)CC1. The van der Waals surface area contributed by atoms with Crippen molar-refractivity contribution in [2.24, 2.45) is 11.3 Å². The maximum absolute atomic E-state index is 13.4. The summed E-state index contributed by atoms with van der Waals surface area (Å²) >= 11 is 0. The fourth-order valence-corrected chi connectivity index (χ4v) is 5.68. The molecule has 1 aliphatic heterocycles. The lowest BCUT2D eigenvalue weighted by Crippen LogP contribution is -2.51. The van der Waals surface area contributed by atoms with E-state index in [2.05, 4.69) is 35.3 Å². The van der Waals surface area contributed by atoms with Gasteiger partial charge in [0, 0.05) is 46.0 Å². The van der Waals surface area contributed by atoms with Gasteiger partial charge in [-0.3, -0.25) is 14.6 Å². The zero-order valence-corrected chi connectivity index (χ0v) is 20.1. The summed E-state index contributed by atoms with van der Waals surface area (Å²) in [6.45, 7) is 1.35. The average Bonchev–Trinajstić information content (AvgIpc) is 2.85. The van der Waals surface area contributed by atoms with Crippen LogP contribution in [0, 0.1) is 11.3 Å². The van der Waals surface area contributed by atoms with E-state index in [-0.39, 0.29) is 11.8 Å². The van der Waals surface area contributed by atoms with Gasteiger partial charge in [0.05, 0.1) is 5.41 Å². The Morgan fingerprint density at radius 1 is 1.03 bits per heavy atom. The van der Waals surface area contributed by atoms with Crippen molar-refractivity contribution in [3.63, 3.8) is 0 Å². The van der Waals surface area contributed by atoms with E-state index in [1.807, 2.05) is 31.3 Å². The highest BCUT2D eigenvalue weighted by Crippen LogP contribution is 2.38. The van der Waals surface area contributed by atoms with Gasteiger partial charge in [0.2, 0.25) is 11.8 Å². The fraction of sp³-hybridized carbons (Fsp3) is 0.536. The van der Waals surface area contributed by atoms with E-state index >= 15 is 0 Å². The van der Waals surface area contributed by atoms with E-state index in [1.54, 1.807) is 11.1 Å². The van der Waals surface area contributed by atoms with Crippen molar-refractivity contribution >= 4 is 11.8 Å². The number of likely N-dealkylation sites (tertiary alicyclic amines) is 1. The highest BCUT2D eigenvalue weighted by Gasteiger charge is 2.43. The van der Waals surface area contributed by atoms with Gasteiger partial charge in [-0.2, -0.15) is 0 Å². The topological polar surface area (TPSA) is 53.5 Å². The molecule has 1 aromatic carbocycles. The van der Waals surface area contributed by atoms with Gasteiger partial charge in [0.15, 0.2) is 0 Å². The lowest BCUT2D eigenvalue weighted by Gasteiger charge is -2.42. The molecule has 0 radical (unpaired) electrons. The number of hydrogen-bond acceptors (Lipinski definition) is 3. The molecule has 0 spiro atoms. The van der Waals surface area contributed by atoms with Gasteiger partial charge >= 0.3 is 0 Å². The summed E-state index contributed by atoms with van der Waals surface area (Å²) in [6.07, 6.45) is 12.7. The number of carbonyl (C=O) groups excluding carboxylic acids is 2. The highest BCUT2D eigenvalue weighted by molar-refractivity contribution is 5.83. The Balaban J connectivity index is 1.47. The summed E-state index contributed by atoms with van der Waals surface area (Å²) in [7, 11) is 3.69. The molecule has 1 saturated carbocycles. The summed E-state index contributed by atoms with van der Waals surface area (Å²) < 4.78 is 0. The first-order valence-electron chi connectivity index (χ1n) is 12.5. The van der Waals surface area contributed by atoms with Crippen molar-refractivity contribution in [3.8, 4) is 11.1 Å². The molecule has 1 saturated heterocycles. The van der Waals surface area contributed by atoms with Gasteiger partial charge in [0.1, 0.15) is 0 Å². The number of carbonyl (C=O) groups is 2. The molecule has 0 unspecified atom stereocenters. The molecule has 5 nitrogen and oxygen atoms in total. The second-order valence-corrected chi connectivity index (χ2v) is 10.2. The van der Waals surface area contributed by atoms with Gasteiger partial charge in [0.25, 0.3) is 0 Å². The summed E-state index contributed by atoms with van der Waals surface area (Å²) in [5, 5.41) is 0. The lowest BCUT2D eigenvalue weighted by atomic mass is 9.72. The third kappa shape index (κ3) is 5.63. The summed E-state index contributed by atoms with van der Waals surface area (Å²) in [6, 6.07) is 12.5. The van der Waals surface area contributed by atoms with Crippen LogP contribution in [0.4, 0.5) is 0 Å². The molecule has 0 bridgehead atoms. The Hall–Kier alpha value is -2.69. The molecule has 4 rings (SSSR count). The Labute approximate surface area is 198 Å². The van der Waals surface area contributed by atoms with Gasteiger partial charge in [-0.25, -0.2) is 0 Å². The number of aromatic nitrogens is 1. The molecule has 2 heterocycles. The molecular weight excluding hydrogens is 410 g/mol. The fourth-order valence-electron chi connectivity index (χ4n) is 5.68. The molecule has 33 heavy (non-hydrogen) atoms. The minimum absolute atomic E-state index is 0.175. The Bertz CT molecular complexity index is 943. The van der Waals surface area contributed by atoms with Crippen LogP contribution in [0.15, 0.2) is 48.8 Å². The first kappa shape index (κ1) is 23.5. The van der Waals surface area contributed by atoms with E-state index < -0.39 is 5.41 Å². The predicted octanol–water partition coefficient (Wildman–Crippen LogP) is 4.96. The Morgan fingerprint density at radius 2 is 1.76 bits per heavy atom. The van der Waals surface area contributed by atoms with Gasteiger partial charge in [-0.1, -0.05) is 49.6 Å². The van der Waals surface area contributed by atoms with Crippen LogP contribution in [-0.2, 0) is 16.0 Å². The standard InChI is InChI=1S/C28H37N3O2/c1-30(2)27(33)28(20-23-10-6-11-24(18-23)25-12-7-15-29-21-25)13-16-31(17-14-28)26(32)19-22-8-4-3-5-9-22/h6-7,10-12,15,18,21-22H,3-5,8-9,13-14,16-17,19-20H2,1-2H3. The first-order valence-corrected chi connectivity index (χ1v) is 12.5. The molecule has 2 aliphatic rings. The zero-order valence-electron chi connectivity index (χ0n) is 20.1. The minimum Gasteiger partial charge on any atom is -0.348 e. The number of benzene rings is 1. The summed E-state index contributed by atoms with van der Waals surface area (Å²) in [4.78, 5) is 34.3. The van der Waals surface area contributed by atoms with Crippen LogP contribution in [0.1, 0.15) is 56.9 Å². The molecule has 0 atom stereocenters. The molecule has 2 amide bonds. The van der Waals surface area contributed by atoms with Crippen molar-refractivity contribution in [2.45, 2.75) is 57.8 Å². The molecule has 1 aromatic heterocycles. The van der Waals surface area contributed by atoms with Crippen LogP contribution in [0.5, 0.6) is 0 Å². The van der Waals surface area contributed by atoms with Crippen LogP contribution in [0.25, 0.3) is 11.1 Å². The monoisotopic (exact) mass is 447 g/mol. The average molecular weight is 448 g/mol. The first-order chi connectivity index (χ1) is 16.0. The van der Waals surface area contributed by atoms with E-state index in [0.29, 0.717) is 31.8 Å². The highest BCUT2D eigenvalue weighted by atomic mass is 16.2. The van der Waals surface area contributed by atoms with Crippen LogP contribution in [0.3, 0.4) is 0 Å². The van der Waals surface area contributed by atoms with Crippen molar-refractivity contribution in [1.29, 1.82) is 0 Å². The number of pyridine rings is 1. The largest absolute Gasteiger partial charge is 0.348 e. The molecule has 0 N–H and O–H groups in total. The van der Waals surface area contributed by atoms with Crippen LogP contribution < -0.4 is 0 Å². The maximum Gasteiger partial charge on any atom is 0.228 e. The number of piperidine rings is 1. The third-order valence-corrected chi connectivity index (χ3v) is 7.59. The van der Waals surface area contributed by atoms with Crippen molar-refractivity contribution in [1.82, 2.24) is 14.8 Å². The molecule has 5 heteroatoms. The Morgan fingerprint density at radius 3 is 2.42 bits per heavy atom. The number of hydrogen-bond donors (Lipinski definition) is 0. The summed E-state index contributed by atoms with van der Waals surface area (Å²) in [5.74, 6) is 1.01. The quantitative estimate of drug-likeness (QED) is 0.629. The molecular formula is C28H37N3O2. The van der Waals surface area contributed by atoms with Crippen molar-refractivity contribution < 1.29 is 9.59 Å². The third-order valence-electron chi connectivity index (χ3n) is 7.59. The van der Waals surface area contributed by atoms with E-state index in [0.717, 1.165) is 29.5 Å². The van der Waals surface area contributed by atoms with Crippen molar-refractivity contribution in [3.05, 3.63) is 54.4 Å². The van der Waals surface area contributed by atoms with Gasteiger partial charge < -0.3 is 9.80 Å². The number of amides is 2. The summed E-state index contributed by atoms with van der Waals surface area (Å²) in [5.41, 5.74) is 2.90. The van der Waals surface area contributed by atoms with Crippen LogP contribution in [-0.4, -0.2) is 53.8 Å². The van der Waals surface area contributed by atoms with Gasteiger partial charge in [-0.05, 0) is 60.8 Å². The molecule has 2 aromatic rings. The second kappa shape index (κ2) is 10.5. The number of rotatable bonds is 6. The molecule has 1 aliphatic carbocycles.